The quantitative estimate of drug-likeness (QED) is 0.799. The second-order valence-corrected chi connectivity index (χ2v) is 5.60. The van der Waals surface area contributed by atoms with Crippen LogP contribution in [0.4, 0.5) is 10.5 Å². The molecule has 1 aliphatic rings. The summed E-state index contributed by atoms with van der Waals surface area (Å²) < 4.78 is 4.66. The van der Waals surface area contributed by atoms with E-state index in [0.717, 1.165) is 0 Å². The minimum atomic E-state index is -0.829. The van der Waals surface area contributed by atoms with Crippen molar-refractivity contribution in [1.29, 1.82) is 5.26 Å². The first-order chi connectivity index (χ1) is 10.9. The maximum absolute atomic E-state index is 12.4. The summed E-state index contributed by atoms with van der Waals surface area (Å²) in [5.41, 5.74) is 1.30. The van der Waals surface area contributed by atoms with Crippen LogP contribution < -0.4 is 5.32 Å². The molecule has 1 aliphatic heterocycles. The third kappa shape index (κ3) is 3.38. The molecule has 8 heteroatoms. The van der Waals surface area contributed by atoms with Gasteiger partial charge in [0.05, 0.1) is 23.8 Å². The first-order valence-electron chi connectivity index (χ1n) is 6.91. The molecule has 1 aromatic rings. The summed E-state index contributed by atoms with van der Waals surface area (Å²) in [6, 6.07) is 3.66. The van der Waals surface area contributed by atoms with Crippen molar-refractivity contribution in [2.75, 3.05) is 19.0 Å². The highest BCUT2D eigenvalue weighted by Gasteiger charge is 2.39. The number of nitrogens with zero attached hydrogens (tertiary/aromatic N) is 2. The molecule has 2 atom stereocenters. The molecule has 1 heterocycles. The lowest BCUT2D eigenvalue weighted by Gasteiger charge is -2.23. The number of carbonyl (C=O) groups excluding carboxylic acids is 2. The number of carbonyl (C=O) groups is 2. The zero-order valence-electron chi connectivity index (χ0n) is 12.7. The molecule has 0 radical (unpaired) electrons. The van der Waals surface area contributed by atoms with E-state index in [0.29, 0.717) is 16.8 Å². The van der Waals surface area contributed by atoms with Gasteiger partial charge in [0.15, 0.2) is 0 Å². The molecule has 1 fully saturated rings. The van der Waals surface area contributed by atoms with Gasteiger partial charge in [-0.1, -0.05) is 11.6 Å². The van der Waals surface area contributed by atoms with Crippen LogP contribution in [-0.4, -0.2) is 47.8 Å². The van der Waals surface area contributed by atoms with Gasteiger partial charge in [-0.3, -0.25) is 0 Å². The van der Waals surface area contributed by atoms with E-state index >= 15 is 0 Å². The number of methoxy groups -OCH3 is 1. The van der Waals surface area contributed by atoms with Crippen molar-refractivity contribution in [2.45, 2.75) is 25.5 Å². The molecule has 0 saturated carbocycles. The van der Waals surface area contributed by atoms with Crippen LogP contribution in [0.2, 0.25) is 5.02 Å². The maximum atomic E-state index is 12.4. The molecular formula is C15H16ClN3O4. The molecular weight excluding hydrogens is 322 g/mol. The molecule has 0 aliphatic carbocycles. The van der Waals surface area contributed by atoms with Gasteiger partial charge in [-0.15, -0.1) is 0 Å². The maximum Gasteiger partial charge on any atom is 0.328 e. The minimum absolute atomic E-state index is 0.0364. The number of hydrogen-bond donors (Lipinski definition) is 2. The number of aliphatic hydroxyl groups excluding tert-OH is 1. The molecule has 23 heavy (non-hydrogen) atoms. The molecule has 2 amide bonds. The monoisotopic (exact) mass is 337 g/mol. The van der Waals surface area contributed by atoms with E-state index in [4.69, 9.17) is 16.9 Å². The Balaban J connectivity index is 2.20. The average Bonchev–Trinajstić information content (AvgIpc) is 2.93. The van der Waals surface area contributed by atoms with E-state index in [1.165, 1.54) is 18.1 Å². The van der Waals surface area contributed by atoms with Crippen molar-refractivity contribution in [1.82, 2.24) is 4.90 Å². The number of ether oxygens (including phenoxy) is 1. The van der Waals surface area contributed by atoms with Crippen molar-refractivity contribution < 1.29 is 19.4 Å². The predicted octanol–water partition coefficient (Wildman–Crippen LogP) is 1.66. The summed E-state index contributed by atoms with van der Waals surface area (Å²) in [6.45, 7) is 1.71. The van der Waals surface area contributed by atoms with E-state index in [-0.39, 0.29) is 18.0 Å². The van der Waals surface area contributed by atoms with Gasteiger partial charge in [0.25, 0.3) is 0 Å². The van der Waals surface area contributed by atoms with Crippen molar-refractivity contribution in [3.63, 3.8) is 0 Å². The Hall–Kier alpha value is -2.30. The number of anilines is 1. The first-order valence-corrected chi connectivity index (χ1v) is 7.29. The van der Waals surface area contributed by atoms with Crippen molar-refractivity contribution >= 4 is 29.3 Å². The number of nitrogens with one attached hydrogen (secondary N) is 1. The smallest absolute Gasteiger partial charge is 0.328 e. The van der Waals surface area contributed by atoms with Gasteiger partial charge < -0.3 is 20.1 Å². The lowest BCUT2D eigenvalue weighted by atomic mass is 10.1. The number of benzene rings is 1. The molecule has 2 N–H and O–H groups in total. The lowest BCUT2D eigenvalue weighted by molar-refractivity contribution is -0.144. The third-order valence-electron chi connectivity index (χ3n) is 3.76. The van der Waals surface area contributed by atoms with Crippen molar-refractivity contribution in [2.24, 2.45) is 0 Å². The summed E-state index contributed by atoms with van der Waals surface area (Å²) in [5, 5.41) is 21.5. The standard InChI is InChI=1S/C15H16ClN3O4/c1-8-11(4-3-9(6-17)13(8)16)18-15(22)19-7-10(20)5-12(19)14(21)23-2/h3-4,10,12,20H,5,7H2,1-2H3,(H,18,22)/t10-,12+/m1/s1. The van der Waals surface area contributed by atoms with Crippen molar-refractivity contribution in [3.8, 4) is 6.07 Å². The SMILES string of the molecule is COC(=O)[C@@H]1C[C@@H](O)CN1C(=O)Nc1ccc(C#N)c(Cl)c1C. The van der Waals surface area contributed by atoms with Gasteiger partial charge in [0, 0.05) is 18.7 Å². The highest BCUT2D eigenvalue weighted by atomic mass is 35.5. The van der Waals surface area contributed by atoms with Crippen molar-refractivity contribution in [3.05, 3.63) is 28.3 Å². The number of β-amino-alcohol motifs (C(OH)–C–C–N with tert-alkyl or cyclic N) is 1. The molecule has 1 saturated heterocycles. The van der Waals surface area contributed by atoms with Gasteiger partial charge in [0.1, 0.15) is 12.1 Å². The van der Waals surface area contributed by atoms with Gasteiger partial charge >= 0.3 is 12.0 Å². The molecule has 0 bridgehead atoms. The van der Waals surface area contributed by atoms with Gasteiger partial charge in [-0.2, -0.15) is 5.26 Å². The molecule has 0 aromatic heterocycles. The van der Waals surface area contributed by atoms with Crippen LogP contribution in [-0.2, 0) is 9.53 Å². The summed E-state index contributed by atoms with van der Waals surface area (Å²) in [5.74, 6) is -0.578. The van der Waals surface area contributed by atoms with Crippen LogP contribution >= 0.6 is 11.6 Å². The van der Waals surface area contributed by atoms with Gasteiger partial charge in [-0.05, 0) is 24.6 Å². The predicted molar refractivity (Wildman–Crippen MR) is 83.1 cm³/mol. The molecule has 1 aromatic carbocycles. The second kappa shape index (κ2) is 6.86. The number of likely N-dealkylation sites (tertiary alicyclic amines) is 1. The van der Waals surface area contributed by atoms with E-state index in [1.807, 2.05) is 6.07 Å². The zero-order chi connectivity index (χ0) is 17.1. The van der Waals surface area contributed by atoms with Crippen LogP contribution in [0.5, 0.6) is 0 Å². The second-order valence-electron chi connectivity index (χ2n) is 5.22. The Bertz CT molecular complexity index is 686. The van der Waals surface area contributed by atoms with E-state index in [1.54, 1.807) is 13.0 Å². The number of aliphatic hydroxyl groups is 1. The minimum Gasteiger partial charge on any atom is -0.467 e. The van der Waals surface area contributed by atoms with Crippen LogP contribution in [0.1, 0.15) is 17.5 Å². The molecule has 122 valence electrons. The Morgan fingerprint density at radius 1 is 1.52 bits per heavy atom. The number of amides is 2. The van der Waals surface area contributed by atoms with E-state index < -0.39 is 24.1 Å². The van der Waals surface area contributed by atoms with Crippen LogP contribution in [0.25, 0.3) is 0 Å². The number of halogens is 1. The molecule has 0 spiro atoms. The largest absolute Gasteiger partial charge is 0.467 e. The number of rotatable bonds is 2. The summed E-state index contributed by atoms with van der Waals surface area (Å²) in [4.78, 5) is 25.3. The Kier molecular flexibility index (Phi) is 5.08. The summed E-state index contributed by atoms with van der Waals surface area (Å²) >= 11 is 6.06. The third-order valence-corrected chi connectivity index (χ3v) is 4.25. The zero-order valence-corrected chi connectivity index (χ0v) is 13.4. The van der Waals surface area contributed by atoms with E-state index in [9.17, 15) is 14.7 Å². The Labute approximate surface area is 138 Å². The average molecular weight is 338 g/mol. The summed E-state index contributed by atoms with van der Waals surface area (Å²) in [7, 11) is 1.23. The summed E-state index contributed by atoms with van der Waals surface area (Å²) in [6.07, 6.45) is -0.650. The fourth-order valence-electron chi connectivity index (χ4n) is 2.49. The number of urea groups is 1. The normalized spacial score (nSPS) is 20.0. The molecule has 0 unspecified atom stereocenters. The highest BCUT2D eigenvalue weighted by Crippen LogP contribution is 2.28. The Morgan fingerprint density at radius 2 is 2.22 bits per heavy atom. The Morgan fingerprint density at radius 3 is 2.83 bits per heavy atom. The topological polar surface area (TPSA) is 103 Å². The highest BCUT2D eigenvalue weighted by molar-refractivity contribution is 6.33. The number of nitriles is 1. The van der Waals surface area contributed by atoms with Gasteiger partial charge in [0.2, 0.25) is 0 Å². The molecule has 2 rings (SSSR count). The molecule has 7 nitrogen and oxygen atoms in total. The van der Waals surface area contributed by atoms with E-state index in [2.05, 4.69) is 10.1 Å². The number of esters is 1. The van der Waals surface area contributed by atoms with Crippen LogP contribution in [0, 0.1) is 18.3 Å². The van der Waals surface area contributed by atoms with Crippen LogP contribution in [0.15, 0.2) is 12.1 Å². The number of hydrogen-bond acceptors (Lipinski definition) is 5. The van der Waals surface area contributed by atoms with Gasteiger partial charge in [-0.25, -0.2) is 9.59 Å². The fraction of sp³-hybridized carbons (Fsp3) is 0.400. The lowest BCUT2D eigenvalue weighted by Crippen LogP contribution is -2.43. The van der Waals surface area contributed by atoms with Crippen LogP contribution in [0.3, 0.4) is 0 Å². The first kappa shape index (κ1) is 17.1. The fourth-order valence-corrected chi connectivity index (χ4v) is 2.70.